The van der Waals surface area contributed by atoms with Crippen LogP contribution >= 0.6 is 15.9 Å². The molecule has 0 spiro atoms. The average Bonchev–Trinajstić information content (AvgIpc) is 2.49. The van der Waals surface area contributed by atoms with Crippen LogP contribution in [-0.2, 0) is 16.0 Å². The Kier molecular flexibility index (Phi) is 5.07. The number of aromatic nitrogens is 1. The highest BCUT2D eigenvalue weighted by Crippen LogP contribution is 2.15. The molecule has 4 heteroatoms. The largest absolute Gasteiger partial charge is 0.465 e. The highest BCUT2D eigenvalue weighted by atomic mass is 79.9. The number of rotatable bonds is 4. The molecule has 20 heavy (non-hydrogen) atoms. The van der Waals surface area contributed by atoms with E-state index in [1.165, 1.54) is 18.2 Å². The molecule has 0 aliphatic rings. The van der Waals surface area contributed by atoms with Crippen molar-refractivity contribution in [3.63, 3.8) is 0 Å². The maximum atomic E-state index is 11.3. The van der Waals surface area contributed by atoms with Crippen LogP contribution in [0.2, 0.25) is 0 Å². The van der Waals surface area contributed by atoms with Crippen LogP contribution in [0, 0.1) is 0 Å². The minimum Gasteiger partial charge on any atom is -0.465 e. The fraction of sp³-hybridized carbons (Fsp3) is 0.125. The zero-order chi connectivity index (χ0) is 14.4. The molecule has 0 N–H and O–H groups in total. The van der Waals surface area contributed by atoms with Crippen molar-refractivity contribution in [2.75, 3.05) is 7.11 Å². The Bertz CT molecular complexity index is 606. The highest BCUT2D eigenvalue weighted by molar-refractivity contribution is 9.12. The average molecular weight is 332 g/mol. The molecule has 0 saturated carbocycles. The standard InChI is InChI=1S/C16H14BrNO2/c1-20-16(19)15(17)10-13-6-4-12(5-7-13)9-14-3-2-8-18-11-14/h2-8,10-11H,9H2,1H3. The van der Waals surface area contributed by atoms with E-state index >= 15 is 0 Å². The summed E-state index contributed by atoms with van der Waals surface area (Å²) in [6, 6.07) is 12.0. The van der Waals surface area contributed by atoms with Gasteiger partial charge in [0.05, 0.1) is 7.11 Å². The smallest absolute Gasteiger partial charge is 0.344 e. The zero-order valence-electron chi connectivity index (χ0n) is 11.0. The van der Waals surface area contributed by atoms with E-state index in [4.69, 9.17) is 0 Å². The lowest BCUT2D eigenvalue weighted by Gasteiger charge is -2.02. The van der Waals surface area contributed by atoms with Gasteiger partial charge in [0.15, 0.2) is 0 Å². The number of benzene rings is 1. The van der Waals surface area contributed by atoms with Gasteiger partial charge in [-0.15, -0.1) is 0 Å². The Balaban J connectivity index is 2.09. The van der Waals surface area contributed by atoms with Gasteiger partial charge in [-0.3, -0.25) is 4.98 Å². The van der Waals surface area contributed by atoms with E-state index in [1.54, 1.807) is 12.3 Å². The Labute approximate surface area is 126 Å². The van der Waals surface area contributed by atoms with E-state index in [0.29, 0.717) is 4.48 Å². The summed E-state index contributed by atoms with van der Waals surface area (Å²) in [4.78, 5) is 15.4. The Morgan fingerprint density at radius 3 is 2.60 bits per heavy atom. The van der Waals surface area contributed by atoms with Crippen molar-refractivity contribution in [3.8, 4) is 0 Å². The first-order valence-corrected chi connectivity index (χ1v) is 6.91. The molecular formula is C16H14BrNO2. The Morgan fingerprint density at radius 1 is 1.25 bits per heavy atom. The fourth-order valence-electron chi connectivity index (χ4n) is 1.77. The fourth-order valence-corrected chi connectivity index (χ4v) is 2.20. The number of hydrogen-bond acceptors (Lipinski definition) is 3. The van der Waals surface area contributed by atoms with Crippen molar-refractivity contribution in [1.82, 2.24) is 4.98 Å². The maximum absolute atomic E-state index is 11.3. The van der Waals surface area contributed by atoms with Crippen molar-refractivity contribution >= 4 is 28.0 Å². The second-order valence-corrected chi connectivity index (χ2v) is 5.12. The summed E-state index contributed by atoms with van der Waals surface area (Å²) in [5.41, 5.74) is 3.31. The van der Waals surface area contributed by atoms with Crippen LogP contribution in [0.15, 0.2) is 53.3 Å². The molecule has 0 amide bonds. The number of ether oxygens (including phenoxy) is 1. The third-order valence-corrected chi connectivity index (χ3v) is 3.34. The van der Waals surface area contributed by atoms with Gasteiger partial charge in [0.1, 0.15) is 4.48 Å². The number of pyridine rings is 1. The van der Waals surface area contributed by atoms with E-state index in [1.807, 2.05) is 36.5 Å². The molecule has 0 aliphatic carbocycles. The number of hydrogen-bond donors (Lipinski definition) is 0. The summed E-state index contributed by atoms with van der Waals surface area (Å²) in [6.07, 6.45) is 6.21. The van der Waals surface area contributed by atoms with Crippen molar-refractivity contribution in [1.29, 1.82) is 0 Å². The number of carbonyl (C=O) groups is 1. The Morgan fingerprint density at radius 2 is 2.00 bits per heavy atom. The summed E-state index contributed by atoms with van der Waals surface area (Å²) >= 11 is 3.19. The first kappa shape index (κ1) is 14.5. The summed E-state index contributed by atoms with van der Waals surface area (Å²) < 4.78 is 5.03. The lowest BCUT2D eigenvalue weighted by atomic mass is 10.0. The van der Waals surface area contributed by atoms with Crippen LogP contribution in [0.1, 0.15) is 16.7 Å². The molecule has 0 aliphatic heterocycles. The molecule has 2 aromatic rings. The number of nitrogens with zero attached hydrogens (tertiary/aromatic N) is 1. The second-order valence-electron chi connectivity index (χ2n) is 4.26. The minimum absolute atomic E-state index is 0.385. The first-order valence-electron chi connectivity index (χ1n) is 6.12. The molecule has 0 unspecified atom stereocenters. The van der Waals surface area contributed by atoms with Gasteiger partial charge >= 0.3 is 5.97 Å². The second kappa shape index (κ2) is 7.01. The van der Waals surface area contributed by atoms with Crippen molar-refractivity contribution < 1.29 is 9.53 Å². The van der Waals surface area contributed by atoms with Gasteiger partial charge in [-0.25, -0.2) is 4.79 Å². The van der Waals surface area contributed by atoms with Gasteiger partial charge in [0.2, 0.25) is 0 Å². The summed E-state index contributed by atoms with van der Waals surface area (Å²) in [5.74, 6) is -0.385. The van der Waals surface area contributed by atoms with Gasteiger partial charge < -0.3 is 4.74 Å². The van der Waals surface area contributed by atoms with E-state index in [0.717, 1.165) is 12.0 Å². The van der Waals surface area contributed by atoms with E-state index < -0.39 is 0 Å². The Hall–Kier alpha value is -1.94. The zero-order valence-corrected chi connectivity index (χ0v) is 12.6. The summed E-state index contributed by atoms with van der Waals surface area (Å²) in [7, 11) is 1.36. The monoisotopic (exact) mass is 331 g/mol. The van der Waals surface area contributed by atoms with Crippen LogP contribution in [0.3, 0.4) is 0 Å². The van der Waals surface area contributed by atoms with E-state index in [9.17, 15) is 4.79 Å². The third-order valence-electron chi connectivity index (χ3n) is 2.78. The SMILES string of the molecule is COC(=O)C(Br)=Cc1ccc(Cc2cccnc2)cc1. The normalized spacial score (nSPS) is 11.2. The van der Waals surface area contributed by atoms with Gasteiger partial charge in [-0.1, -0.05) is 30.3 Å². The molecule has 1 heterocycles. The molecule has 2 rings (SSSR count). The van der Waals surface area contributed by atoms with E-state index in [-0.39, 0.29) is 5.97 Å². The summed E-state index contributed by atoms with van der Waals surface area (Å²) in [6.45, 7) is 0. The van der Waals surface area contributed by atoms with Crippen molar-refractivity contribution in [2.24, 2.45) is 0 Å². The molecular weight excluding hydrogens is 318 g/mol. The first-order chi connectivity index (χ1) is 9.69. The minimum atomic E-state index is -0.385. The van der Waals surface area contributed by atoms with Crippen LogP contribution in [0.5, 0.6) is 0 Å². The molecule has 0 radical (unpaired) electrons. The molecule has 102 valence electrons. The highest BCUT2D eigenvalue weighted by Gasteiger charge is 2.05. The van der Waals surface area contributed by atoms with Gasteiger partial charge in [0.25, 0.3) is 0 Å². The predicted molar refractivity (Wildman–Crippen MR) is 82.4 cm³/mol. The lowest BCUT2D eigenvalue weighted by Crippen LogP contribution is -1.98. The van der Waals surface area contributed by atoms with Gasteiger partial charge in [-0.2, -0.15) is 0 Å². The predicted octanol–water partition coefficient (Wildman–Crippen LogP) is 3.58. The molecule has 0 atom stereocenters. The molecule has 3 nitrogen and oxygen atoms in total. The summed E-state index contributed by atoms with van der Waals surface area (Å²) in [5, 5.41) is 0. The molecule has 1 aromatic carbocycles. The third kappa shape index (κ3) is 4.03. The van der Waals surface area contributed by atoms with Gasteiger partial charge in [-0.05, 0) is 51.2 Å². The number of methoxy groups -OCH3 is 1. The van der Waals surface area contributed by atoms with Crippen LogP contribution in [-0.4, -0.2) is 18.1 Å². The van der Waals surface area contributed by atoms with Crippen LogP contribution < -0.4 is 0 Å². The number of esters is 1. The number of carbonyl (C=O) groups excluding carboxylic acids is 1. The van der Waals surface area contributed by atoms with Crippen LogP contribution in [0.25, 0.3) is 6.08 Å². The lowest BCUT2D eigenvalue weighted by molar-refractivity contribution is -0.135. The van der Waals surface area contributed by atoms with Crippen molar-refractivity contribution in [3.05, 3.63) is 70.0 Å². The molecule has 1 aromatic heterocycles. The molecule has 0 bridgehead atoms. The van der Waals surface area contributed by atoms with E-state index in [2.05, 4.69) is 31.7 Å². The number of halogens is 1. The van der Waals surface area contributed by atoms with Gasteiger partial charge in [0, 0.05) is 12.4 Å². The quantitative estimate of drug-likeness (QED) is 0.635. The maximum Gasteiger partial charge on any atom is 0.344 e. The molecule has 0 fully saturated rings. The van der Waals surface area contributed by atoms with Crippen molar-refractivity contribution in [2.45, 2.75) is 6.42 Å². The topological polar surface area (TPSA) is 39.2 Å². The molecule has 0 saturated heterocycles. The van der Waals surface area contributed by atoms with Crippen LogP contribution in [0.4, 0.5) is 0 Å².